The topological polar surface area (TPSA) is 72.5 Å². The summed E-state index contributed by atoms with van der Waals surface area (Å²) in [6.45, 7) is 2.97. The molecule has 0 bridgehead atoms. The van der Waals surface area contributed by atoms with E-state index in [1.54, 1.807) is 0 Å². The van der Waals surface area contributed by atoms with Gasteiger partial charge in [-0.3, -0.25) is 4.79 Å². The Balaban J connectivity index is 2.09. The fourth-order valence-electron chi connectivity index (χ4n) is 1.96. The van der Waals surface area contributed by atoms with Crippen molar-refractivity contribution in [2.45, 2.75) is 30.1 Å². The summed E-state index contributed by atoms with van der Waals surface area (Å²) in [7, 11) is -4.70. The standard InChI is InChI=1S/C17H16F3NO4S/c1-17(2,25-13-7-3-11(18)4-8-13)15(22)21-12-5-9-14(10-6-12)26(23,24)16(19)20/h3-10,16H,1-2H3,(H,21,22). The van der Waals surface area contributed by atoms with Crippen molar-refractivity contribution >= 4 is 21.4 Å². The van der Waals surface area contributed by atoms with Gasteiger partial charge in [0.1, 0.15) is 11.6 Å². The minimum Gasteiger partial charge on any atom is -0.478 e. The largest absolute Gasteiger partial charge is 0.478 e. The molecule has 2 aromatic rings. The summed E-state index contributed by atoms with van der Waals surface area (Å²) < 4.78 is 66.2. The molecule has 0 aliphatic rings. The molecule has 0 fully saturated rings. The summed E-state index contributed by atoms with van der Waals surface area (Å²) in [5.41, 5.74) is -1.12. The van der Waals surface area contributed by atoms with Gasteiger partial charge in [-0.05, 0) is 62.4 Å². The van der Waals surface area contributed by atoms with Gasteiger partial charge in [-0.25, -0.2) is 12.8 Å². The first-order valence-corrected chi connectivity index (χ1v) is 8.95. The normalized spacial score (nSPS) is 12.1. The number of anilines is 1. The number of nitrogens with one attached hydrogen (secondary N) is 1. The molecule has 26 heavy (non-hydrogen) atoms. The molecule has 5 nitrogen and oxygen atoms in total. The van der Waals surface area contributed by atoms with Crippen LogP contribution in [0.1, 0.15) is 13.8 Å². The van der Waals surface area contributed by atoms with E-state index in [2.05, 4.69) is 5.32 Å². The van der Waals surface area contributed by atoms with E-state index in [9.17, 15) is 26.4 Å². The van der Waals surface area contributed by atoms with Crippen molar-refractivity contribution in [2.75, 3.05) is 5.32 Å². The van der Waals surface area contributed by atoms with Gasteiger partial charge in [-0.1, -0.05) is 0 Å². The number of halogens is 3. The lowest BCUT2D eigenvalue weighted by Crippen LogP contribution is -2.42. The quantitative estimate of drug-likeness (QED) is 0.822. The van der Waals surface area contributed by atoms with E-state index < -0.39 is 37.8 Å². The number of amides is 1. The lowest BCUT2D eigenvalue weighted by Gasteiger charge is -2.25. The van der Waals surface area contributed by atoms with Gasteiger partial charge in [0.15, 0.2) is 5.60 Å². The number of carbonyl (C=O) groups excluding carboxylic acids is 1. The van der Waals surface area contributed by atoms with Gasteiger partial charge in [-0.2, -0.15) is 8.78 Å². The first kappa shape index (κ1) is 19.8. The second-order valence-electron chi connectivity index (χ2n) is 5.85. The summed E-state index contributed by atoms with van der Waals surface area (Å²) in [6.07, 6.45) is 0. The Morgan fingerprint density at radius 1 is 1.04 bits per heavy atom. The maximum Gasteiger partial charge on any atom is 0.341 e. The maximum absolute atomic E-state index is 12.9. The summed E-state index contributed by atoms with van der Waals surface area (Å²) in [6, 6.07) is 9.46. The van der Waals surface area contributed by atoms with Gasteiger partial charge >= 0.3 is 5.76 Å². The van der Waals surface area contributed by atoms with Crippen LogP contribution in [0.2, 0.25) is 0 Å². The Morgan fingerprint density at radius 3 is 2.08 bits per heavy atom. The van der Waals surface area contributed by atoms with Crippen LogP contribution in [0.15, 0.2) is 53.4 Å². The molecule has 9 heteroatoms. The van der Waals surface area contributed by atoms with E-state index in [0.717, 1.165) is 12.1 Å². The van der Waals surface area contributed by atoms with Gasteiger partial charge in [0, 0.05) is 5.69 Å². The molecule has 0 heterocycles. The van der Waals surface area contributed by atoms with Crippen LogP contribution in [0, 0.1) is 5.82 Å². The summed E-state index contributed by atoms with van der Waals surface area (Å²) in [5, 5.41) is 2.50. The molecule has 0 unspecified atom stereocenters. The molecule has 140 valence electrons. The molecule has 0 aliphatic carbocycles. The monoisotopic (exact) mass is 387 g/mol. The Bertz CT molecular complexity index is 879. The van der Waals surface area contributed by atoms with Gasteiger partial charge in [0.2, 0.25) is 9.84 Å². The van der Waals surface area contributed by atoms with Crippen molar-refractivity contribution in [3.8, 4) is 5.75 Å². The second-order valence-corrected chi connectivity index (χ2v) is 7.77. The van der Waals surface area contributed by atoms with Crippen molar-refractivity contribution < 1.29 is 31.1 Å². The zero-order valence-corrected chi connectivity index (χ0v) is 14.7. The minimum atomic E-state index is -4.70. The van der Waals surface area contributed by atoms with Crippen molar-refractivity contribution in [3.63, 3.8) is 0 Å². The number of hydrogen-bond donors (Lipinski definition) is 1. The van der Waals surface area contributed by atoms with Crippen LogP contribution in [-0.2, 0) is 14.6 Å². The second kappa shape index (κ2) is 7.36. The molecular weight excluding hydrogens is 371 g/mol. The van der Waals surface area contributed by atoms with Gasteiger partial charge in [0.25, 0.3) is 5.91 Å². The van der Waals surface area contributed by atoms with E-state index in [4.69, 9.17) is 4.74 Å². The van der Waals surface area contributed by atoms with Crippen LogP contribution < -0.4 is 10.1 Å². The molecule has 0 aromatic heterocycles. The van der Waals surface area contributed by atoms with Crippen molar-refractivity contribution in [2.24, 2.45) is 0 Å². The molecule has 1 amide bonds. The highest BCUT2D eigenvalue weighted by atomic mass is 32.2. The van der Waals surface area contributed by atoms with E-state index in [1.165, 1.54) is 50.2 Å². The molecule has 0 atom stereocenters. The number of alkyl halides is 2. The van der Waals surface area contributed by atoms with Crippen molar-refractivity contribution in [3.05, 3.63) is 54.3 Å². The Labute approximate surface area is 148 Å². The van der Waals surface area contributed by atoms with Gasteiger partial charge < -0.3 is 10.1 Å². The first-order chi connectivity index (χ1) is 12.0. The SMILES string of the molecule is CC(C)(Oc1ccc(F)cc1)C(=O)Nc1ccc(S(=O)(=O)C(F)F)cc1. The summed E-state index contributed by atoms with van der Waals surface area (Å²) in [5.74, 6) is -4.25. The van der Waals surface area contributed by atoms with Crippen LogP contribution in [0.25, 0.3) is 0 Å². The molecule has 1 N–H and O–H groups in total. The zero-order valence-electron chi connectivity index (χ0n) is 13.9. The van der Waals surface area contributed by atoms with Crippen molar-refractivity contribution in [1.29, 1.82) is 0 Å². The highest BCUT2D eigenvalue weighted by molar-refractivity contribution is 7.91. The average molecular weight is 387 g/mol. The molecule has 0 spiro atoms. The molecule has 0 aliphatic heterocycles. The minimum absolute atomic E-state index is 0.207. The number of carbonyl (C=O) groups is 1. The van der Waals surface area contributed by atoms with Crippen LogP contribution >= 0.6 is 0 Å². The fraction of sp³-hybridized carbons (Fsp3) is 0.235. The predicted molar refractivity (Wildman–Crippen MR) is 89.4 cm³/mol. The molecule has 2 aromatic carbocycles. The molecule has 0 saturated heterocycles. The Hall–Kier alpha value is -2.55. The number of sulfone groups is 1. The number of ether oxygens (including phenoxy) is 1. The van der Waals surface area contributed by atoms with E-state index in [-0.39, 0.29) is 11.4 Å². The van der Waals surface area contributed by atoms with Crippen LogP contribution in [0.3, 0.4) is 0 Å². The fourth-order valence-corrected chi connectivity index (χ4v) is 2.68. The molecule has 2 rings (SSSR count). The van der Waals surface area contributed by atoms with Crippen LogP contribution in [-0.4, -0.2) is 25.7 Å². The number of rotatable bonds is 6. The van der Waals surface area contributed by atoms with E-state index in [1.807, 2.05) is 0 Å². The summed E-state index contributed by atoms with van der Waals surface area (Å²) >= 11 is 0. The highest BCUT2D eigenvalue weighted by Crippen LogP contribution is 2.23. The van der Waals surface area contributed by atoms with Gasteiger partial charge in [0.05, 0.1) is 4.90 Å². The first-order valence-electron chi connectivity index (χ1n) is 7.40. The van der Waals surface area contributed by atoms with Crippen molar-refractivity contribution in [1.82, 2.24) is 0 Å². The average Bonchev–Trinajstić information content (AvgIpc) is 2.57. The Morgan fingerprint density at radius 2 is 1.58 bits per heavy atom. The third kappa shape index (κ3) is 4.54. The van der Waals surface area contributed by atoms with Crippen LogP contribution in [0.5, 0.6) is 5.75 Å². The molecule has 0 saturated carbocycles. The Kier molecular flexibility index (Phi) is 5.60. The number of benzene rings is 2. The summed E-state index contributed by atoms with van der Waals surface area (Å²) in [4.78, 5) is 11.8. The number of hydrogen-bond acceptors (Lipinski definition) is 4. The van der Waals surface area contributed by atoms with E-state index >= 15 is 0 Å². The third-order valence-corrected chi connectivity index (χ3v) is 4.81. The maximum atomic E-state index is 12.9. The smallest absolute Gasteiger partial charge is 0.341 e. The highest BCUT2D eigenvalue weighted by Gasteiger charge is 2.30. The third-order valence-electron chi connectivity index (χ3n) is 3.41. The predicted octanol–water partition coefficient (Wildman–Crippen LogP) is 3.62. The van der Waals surface area contributed by atoms with E-state index in [0.29, 0.717) is 0 Å². The zero-order chi connectivity index (χ0) is 19.5. The van der Waals surface area contributed by atoms with Gasteiger partial charge in [-0.15, -0.1) is 0 Å². The lowest BCUT2D eigenvalue weighted by atomic mass is 10.1. The molecular formula is C17H16F3NO4S. The molecule has 0 radical (unpaired) electrons. The lowest BCUT2D eigenvalue weighted by molar-refractivity contribution is -0.128. The van der Waals surface area contributed by atoms with Crippen LogP contribution in [0.4, 0.5) is 18.9 Å².